The lowest BCUT2D eigenvalue weighted by Crippen LogP contribution is -2.11. The van der Waals surface area contributed by atoms with Crippen LogP contribution in [-0.2, 0) is 14.3 Å². The van der Waals surface area contributed by atoms with E-state index in [-0.39, 0.29) is 6.61 Å². The second kappa shape index (κ2) is 3.26. The van der Waals surface area contributed by atoms with Crippen LogP contribution >= 0.6 is 0 Å². The van der Waals surface area contributed by atoms with Crippen LogP contribution in [0.5, 0.6) is 0 Å². The normalized spacial score (nSPS) is 25.6. The van der Waals surface area contributed by atoms with Gasteiger partial charge in [-0.05, 0) is 6.42 Å². The smallest absolute Gasteiger partial charge is 0.310 e. The van der Waals surface area contributed by atoms with Gasteiger partial charge in [-0.3, -0.25) is 9.59 Å². The second-order valence-electron chi connectivity index (χ2n) is 2.60. The molecule has 0 aromatic heterocycles. The molecular formula is C8H8O4. The van der Waals surface area contributed by atoms with Gasteiger partial charge in [0.25, 0.3) is 0 Å². The third kappa shape index (κ3) is 1.76. The Balaban J connectivity index is 2.29. The standard InChI is InChI=1S/C8H8O4/c1-2-3-12-8(11)6-4-5(6)7(9)10/h1,5-6H,3-4H2,(H,9,10). The molecule has 4 nitrogen and oxygen atoms in total. The molecule has 0 aromatic carbocycles. The molecular weight excluding hydrogens is 160 g/mol. The first-order valence-corrected chi connectivity index (χ1v) is 3.49. The van der Waals surface area contributed by atoms with Crippen molar-refractivity contribution < 1.29 is 19.4 Å². The Morgan fingerprint density at radius 2 is 2.25 bits per heavy atom. The summed E-state index contributed by atoms with van der Waals surface area (Å²) in [5, 5.41) is 8.45. The minimum Gasteiger partial charge on any atom is -0.481 e. The van der Waals surface area contributed by atoms with Gasteiger partial charge in [-0.25, -0.2) is 0 Å². The van der Waals surface area contributed by atoms with Crippen molar-refractivity contribution in [2.24, 2.45) is 11.8 Å². The number of carbonyl (C=O) groups excluding carboxylic acids is 1. The van der Waals surface area contributed by atoms with E-state index >= 15 is 0 Å². The maximum Gasteiger partial charge on any atom is 0.310 e. The fourth-order valence-electron chi connectivity index (χ4n) is 0.948. The van der Waals surface area contributed by atoms with Gasteiger partial charge in [0.1, 0.15) is 0 Å². The summed E-state index contributed by atoms with van der Waals surface area (Å²) in [6.45, 7) is -0.0817. The number of hydrogen-bond acceptors (Lipinski definition) is 3. The molecule has 64 valence electrons. The van der Waals surface area contributed by atoms with E-state index < -0.39 is 23.8 Å². The first-order valence-electron chi connectivity index (χ1n) is 3.49. The van der Waals surface area contributed by atoms with Gasteiger partial charge >= 0.3 is 11.9 Å². The topological polar surface area (TPSA) is 63.6 Å². The Labute approximate surface area is 69.5 Å². The monoisotopic (exact) mass is 168 g/mol. The molecule has 0 aromatic rings. The predicted molar refractivity (Wildman–Crippen MR) is 39.0 cm³/mol. The summed E-state index contributed by atoms with van der Waals surface area (Å²) >= 11 is 0. The lowest BCUT2D eigenvalue weighted by atomic mass is 10.3. The van der Waals surface area contributed by atoms with Gasteiger partial charge in [0.05, 0.1) is 11.8 Å². The molecule has 1 rings (SSSR count). The molecule has 0 amide bonds. The molecule has 0 aliphatic heterocycles. The first-order chi connectivity index (χ1) is 5.66. The third-order valence-electron chi connectivity index (χ3n) is 1.71. The van der Waals surface area contributed by atoms with E-state index in [2.05, 4.69) is 10.7 Å². The highest BCUT2D eigenvalue weighted by Crippen LogP contribution is 2.39. The molecule has 1 fully saturated rings. The zero-order chi connectivity index (χ0) is 9.14. The molecule has 1 aliphatic rings. The molecule has 2 atom stereocenters. The van der Waals surface area contributed by atoms with Crippen LogP contribution in [0.1, 0.15) is 6.42 Å². The van der Waals surface area contributed by atoms with Gasteiger partial charge in [0.2, 0.25) is 0 Å². The van der Waals surface area contributed by atoms with E-state index in [0.29, 0.717) is 6.42 Å². The summed E-state index contributed by atoms with van der Waals surface area (Å²) in [7, 11) is 0. The van der Waals surface area contributed by atoms with Crippen molar-refractivity contribution in [3.8, 4) is 12.3 Å². The maximum atomic E-state index is 10.9. The molecule has 1 aliphatic carbocycles. The largest absolute Gasteiger partial charge is 0.481 e. The highest BCUT2D eigenvalue weighted by atomic mass is 16.5. The zero-order valence-corrected chi connectivity index (χ0v) is 6.32. The predicted octanol–water partition coefficient (Wildman–Crippen LogP) is -0.117. The number of ether oxygens (including phenoxy) is 1. The number of aliphatic carboxylic acids is 1. The number of terminal acetylenes is 1. The fraction of sp³-hybridized carbons (Fsp3) is 0.500. The third-order valence-corrected chi connectivity index (χ3v) is 1.71. The van der Waals surface area contributed by atoms with Crippen molar-refractivity contribution in [3.63, 3.8) is 0 Å². The number of carbonyl (C=O) groups is 2. The van der Waals surface area contributed by atoms with Gasteiger partial charge in [0, 0.05) is 0 Å². The average molecular weight is 168 g/mol. The fourth-order valence-corrected chi connectivity index (χ4v) is 0.948. The molecule has 2 unspecified atom stereocenters. The van der Waals surface area contributed by atoms with Crippen molar-refractivity contribution in [2.45, 2.75) is 6.42 Å². The molecule has 1 saturated carbocycles. The lowest BCUT2D eigenvalue weighted by Gasteiger charge is -1.96. The van der Waals surface area contributed by atoms with Crippen LogP contribution in [0.15, 0.2) is 0 Å². The number of rotatable bonds is 3. The van der Waals surface area contributed by atoms with Crippen LogP contribution in [0.4, 0.5) is 0 Å². The van der Waals surface area contributed by atoms with E-state index in [1.54, 1.807) is 0 Å². The maximum absolute atomic E-state index is 10.9. The number of hydrogen-bond donors (Lipinski definition) is 1. The van der Waals surface area contributed by atoms with E-state index in [1.807, 2.05) is 0 Å². The van der Waals surface area contributed by atoms with E-state index in [1.165, 1.54) is 0 Å². The van der Waals surface area contributed by atoms with E-state index in [0.717, 1.165) is 0 Å². The Morgan fingerprint density at radius 1 is 1.58 bits per heavy atom. The van der Waals surface area contributed by atoms with E-state index in [4.69, 9.17) is 11.5 Å². The zero-order valence-electron chi connectivity index (χ0n) is 6.32. The highest BCUT2D eigenvalue weighted by molar-refractivity contribution is 5.86. The minimum atomic E-state index is -0.947. The highest BCUT2D eigenvalue weighted by Gasteiger charge is 2.49. The molecule has 0 bridgehead atoms. The van der Waals surface area contributed by atoms with Crippen LogP contribution < -0.4 is 0 Å². The van der Waals surface area contributed by atoms with Crippen molar-refractivity contribution in [1.82, 2.24) is 0 Å². The van der Waals surface area contributed by atoms with E-state index in [9.17, 15) is 9.59 Å². The van der Waals surface area contributed by atoms with Crippen molar-refractivity contribution in [3.05, 3.63) is 0 Å². The molecule has 0 radical (unpaired) electrons. The summed E-state index contributed by atoms with van der Waals surface area (Å²) < 4.78 is 4.56. The Bertz CT molecular complexity index is 250. The number of carboxylic acids is 1. The van der Waals surface area contributed by atoms with Crippen LogP contribution in [-0.4, -0.2) is 23.7 Å². The van der Waals surface area contributed by atoms with Gasteiger partial charge in [-0.1, -0.05) is 5.92 Å². The van der Waals surface area contributed by atoms with Gasteiger partial charge < -0.3 is 9.84 Å². The summed E-state index contributed by atoms with van der Waals surface area (Å²) in [6.07, 6.45) is 5.22. The SMILES string of the molecule is C#CCOC(=O)C1CC1C(=O)O. The molecule has 0 saturated heterocycles. The molecule has 4 heteroatoms. The van der Waals surface area contributed by atoms with Gasteiger partial charge in [0.15, 0.2) is 6.61 Å². The van der Waals surface area contributed by atoms with Crippen LogP contribution in [0.3, 0.4) is 0 Å². The molecule has 0 heterocycles. The van der Waals surface area contributed by atoms with Gasteiger partial charge in [-0.2, -0.15) is 0 Å². The summed E-state index contributed by atoms with van der Waals surface area (Å²) in [4.78, 5) is 21.2. The lowest BCUT2D eigenvalue weighted by molar-refractivity contribution is -0.147. The Hall–Kier alpha value is -1.50. The molecule has 0 spiro atoms. The van der Waals surface area contributed by atoms with Gasteiger partial charge in [-0.15, -0.1) is 6.42 Å². The second-order valence-corrected chi connectivity index (χ2v) is 2.60. The Morgan fingerprint density at radius 3 is 2.67 bits per heavy atom. The Kier molecular flexibility index (Phi) is 2.34. The van der Waals surface area contributed by atoms with Crippen molar-refractivity contribution >= 4 is 11.9 Å². The summed E-state index contributed by atoms with van der Waals surface area (Å²) in [5.41, 5.74) is 0. The molecule has 12 heavy (non-hydrogen) atoms. The molecule has 1 N–H and O–H groups in total. The average Bonchev–Trinajstić information content (AvgIpc) is 2.78. The number of carboxylic acid groups (broad SMARTS) is 1. The summed E-state index contributed by atoms with van der Waals surface area (Å²) in [6, 6.07) is 0. The number of esters is 1. The quantitative estimate of drug-likeness (QED) is 0.471. The minimum absolute atomic E-state index is 0.0817. The first kappa shape index (κ1) is 8.60. The van der Waals surface area contributed by atoms with Crippen molar-refractivity contribution in [1.29, 1.82) is 0 Å². The van der Waals surface area contributed by atoms with Crippen LogP contribution in [0.25, 0.3) is 0 Å². The van der Waals surface area contributed by atoms with Crippen LogP contribution in [0, 0.1) is 24.2 Å². The van der Waals surface area contributed by atoms with Crippen LogP contribution in [0.2, 0.25) is 0 Å². The van der Waals surface area contributed by atoms with Crippen molar-refractivity contribution in [2.75, 3.05) is 6.61 Å². The summed E-state index contributed by atoms with van der Waals surface area (Å²) in [5.74, 6) is -0.347.